The predicted octanol–water partition coefficient (Wildman–Crippen LogP) is 12.1. The molecule has 326 valence electrons. The van der Waals surface area contributed by atoms with E-state index >= 15 is 0 Å². The van der Waals surface area contributed by atoms with Gasteiger partial charge in [-0.1, -0.05) is 120 Å². The van der Waals surface area contributed by atoms with Gasteiger partial charge in [-0.3, -0.25) is 0 Å². The number of aromatic nitrogens is 1. The van der Waals surface area contributed by atoms with Gasteiger partial charge >= 0.3 is 0 Å². The Morgan fingerprint density at radius 2 is 1.32 bits per heavy atom. The van der Waals surface area contributed by atoms with E-state index in [0.29, 0.717) is 0 Å². The summed E-state index contributed by atoms with van der Waals surface area (Å²) >= 11 is 0. The van der Waals surface area contributed by atoms with Gasteiger partial charge in [-0.2, -0.15) is 0 Å². The lowest BCUT2D eigenvalue weighted by atomic mass is 9.80. The van der Waals surface area contributed by atoms with E-state index in [0.717, 1.165) is 56.0 Å². The number of fused-ring (bicyclic) bond motifs is 2. The van der Waals surface area contributed by atoms with Crippen LogP contribution in [0, 0.1) is 5.92 Å². The van der Waals surface area contributed by atoms with E-state index in [4.69, 9.17) is 14.2 Å². The van der Waals surface area contributed by atoms with E-state index in [1.54, 1.807) is 14.2 Å². The summed E-state index contributed by atoms with van der Waals surface area (Å²) < 4.78 is 21.0. The maximum Gasteiger partial charge on any atom is 0.168 e. The summed E-state index contributed by atoms with van der Waals surface area (Å²) in [5, 5.41) is 0. The number of benzene rings is 4. The number of hydrogen-bond acceptors (Lipinski definition) is 5. The standard InChI is InChI=1S/C57H66N3O3/c1-40(2)54(45-32-34-58(7)35-33-45)63-55-43(22-28-52-56(3,4)48-38-46(61-8)24-26-50(48)59(52)36-30-41-16-12-10-13-17-41)20-21-44(55)23-29-53-57(5,6)49-39-47(62-9)25-27-51(49)60(53)37-31-42-18-14-11-15-19-42/h10-19,22-29,32-35,38-40,52,54H,20-21,30-31,36-37H2,1-9H3/q+1/b28-22+,44-23+,53-29+. The normalized spacial score (nSPS) is 19.4. The summed E-state index contributed by atoms with van der Waals surface area (Å²) in [6, 6.07) is 39.3. The van der Waals surface area contributed by atoms with Gasteiger partial charge in [-0.15, -0.1) is 0 Å². The predicted molar refractivity (Wildman–Crippen MR) is 259 cm³/mol. The van der Waals surface area contributed by atoms with Crippen molar-refractivity contribution in [1.82, 2.24) is 0 Å². The quantitative estimate of drug-likeness (QED) is 0.0982. The molecule has 63 heavy (non-hydrogen) atoms. The first-order valence-corrected chi connectivity index (χ1v) is 22.8. The van der Waals surface area contributed by atoms with Crippen molar-refractivity contribution < 1.29 is 18.8 Å². The smallest absolute Gasteiger partial charge is 0.168 e. The van der Waals surface area contributed by atoms with Crippen LogP contribution in [0.2, 0.25) is 0 Å². The van der Waals surface area contributed by atoms with Crippen molar-refractivity contribution in [2.75, 3.05) is 37.1 Å². The number of allylic oxidation sites excluding steroid dienone is 6. The fraction of sp³-hybridized carbons (Fsp3) is 0.351. The first-order valence-electron chi connectivity index (χ1n) is 22.8. The summed E-state index contributed by atoms with van der Waals surface area (Å²) in [6.45, 7) is 15.8. The van der Waals surface area contributed by atoms with Crippen LogP contribution < -0.4 is 23.8 Å². The number of anilines is 2. The van der Waals surface area contributed by atoms with Crippen molar-refractivity contribution in [2.45, 2.75) is 90.2 Å². The monoisotopic (exact) mass is 841 g/mol. The van der Waals surface area contributed by atoms with Gasteiger partial charge in [0.05, 0.1) is 20.3 Å². The number of ether oxygens (including phenoxy) is 3. The van der Waals surface area contributed by atoms with Crippen molar-refractivity contribution in [2.24, 2.45) is 13.0 Å². The van der Waals surface area contributed by atoms with Gasteiger partial charge in [0.1, 0.15) is 30.4 Å². The Morgan fingerprint density at radius 3 is 1.94 bits per heavy atom. The van der Waals surface area contributed by atoms with Crippen LogP contribution in [-0.2, 0) is 35.5 Å². The maximum absolute atomic E-state index is 7.37. The van der Waals surface area contributed by atoms with Crippen LogP contribution in [0.25, 0.3) is 0 Å². The molecule has 0 N–H and O–H groups in total. The molecule has 0 fully saturated rings. The number of pyridine rings is 1. The Kier molecular flexibility index (Phi) is 12.7. The number of nitrogens with zero attached hydrogens (tertiary/aromatic N) is 3. The topological polar surface area (TPSA) is 38.1 Å². The Morgan fingerprint density at radius 1 is 0.714 bits per heavy atom. The SMILES string of the molecule is COc1ccc2c(c1)C(C)(C)/C(=C\C=C1/CCC(/C=C/C3N(CCc4ccccc4)c4ccc(OC)cc4C3(C)C)=C1OC(c1cc[n+](C)cc1)C(C)C)N2CCc1ccccc1. The highest BCUT2D eigenvalue weighted by molar-refractivity contribution is 5.72. The molecule has 0 spiro atoms. The van der Waals surface area contributed by atoms with Gasteiger partial charge in [0.25, 0.3) is 0 Å². The van der Waals surface area contributed by atoms with Crippen molar-refractivity contribution in [1.29, 1.82) is 0 Å². The molecule has 0 radical (unpaired) electrons. The molecular weight excluding hydrogens is 775 g/mol. The van der Waals surface area contributed by atoms with Gasteiger partial charge < -0.3 is 24.0 Å². The fourth-order valence-electron chi connectivity index (χ4n) is 9.99. The molecule has 3 heterocycles. The van der Waals surface area contributed by atoms with Crippen molar-refractivity contribution in [3.63, 3.8) is 0 Å². The lowest BCUT2D eigenvalue weighted by molar-refractivity contribution is -0.671. The molecule has 1 aromatic heterocycles. The Balaban J connectivity index is 1.20. The van der Waals surface area contributed by atoms with Crippen LogP contribution in [0.1, 0.15) is 88.3 Å². The third-order valence-corrected chi connectivity index (χ3v) is 13.7. The summed E-state index contributed by atoms with van der Waals surface area (Å²) in [5.41, 5.74) is 12.4. The zero-order valence-corrected chi connectivity index (χ0v) is 38.9. The first kappa shape index (κ1) is 43.6. The van der Waals surface area contributed by atoms with Crippen molar-refractivity contribution >= 4 is 11.4 Å². The molecule has 3 aliphatic rings. The summed E-state index contributed by atoms with van der Waals surface area (Å²) in [7, 11) is 5.58. The Labute approximate surface area is 376 Å². The molecule has 2 aliphatic heterocycles. The lowest BCUT2D eigenvalue weighted by Gasteiger charge is -2.32. The van der Waals surface area contributed by atoms with Crippen LogP contribution in [0.5, 0.6) is 11.5 Å². The highest BCUT2D eigenvalue weighted by Gasteiger charge is 2.44. The Bertz CT molecular complexity index is 2510. The molecule has 2 atom stereocenters. The van der Waals surface area contributed by atoms with Gasteiger partial charge in [-0.05, 0) is 107 Å². The van der Waals surface area contributed by atoms with Gasteiger partial charge in [0.15, 0.2) is 12.4 Å². The lowest BCUT2D eigenvalue weighted by Crippen LogP contribution is -2.41. The summed E-state index contributed by atoms with van der Waals surface area (Å²) in [5.74, 6) is 3.05. The van der Waals surface area contributed by atoms with Gasteiger partial charge in [0, 0.05) is 58.7 Å². The minimum absolute atomic E-state index is 0.109. The van der Waals surface area contributed by atoms with Crippen LogP contribution in [-0.4, -0.2) is 33.4 Å². The number of hydrogen-bond donors (Lipinski definition) is 0. The molecule has 1 aliphatic carbocycles. The van der Waals surface area contributed by atoms with E-state index in [9.17, 15) is 0 Å². The van der Waals surface area contributed by atoms with E-state index in [-0.39, 0.29) is 28.9 Å². The molecule has 6 nitrogen and oxygen atoms in total. The highest BCUT2D eigenvalue weighted by atomic mass is 16.5. The van der Waals surface area contributed by atoms with Crippen molar-refractivity contribution in [3.05, 3.63) is 196 Å². The minimum Gasteiger partial charge on any atom is -0.497 e. The molecule has 5 aromatic rings. The van der Waals surface area contributed by atoms with E-state index < -0.39 is 0 Å². The fourth-order valence-corrected chi connectivity index (χ4v) is 9.99. The average molecular weight is 841 g/mol. The molecule has 8 rings (SSSR count). The average Bonchev–Trinajstić information content (AvgIpc) is 3.85. The van der Waals surface area contributed by atoms with Crippen LogP contribution in [0.15, 0.2) is 168 Å². The van der Waals surface area contributed by atoms with Gasteiger partial charge in [-0.25, -0.2) is 4.57 Å². The molecule has 6 heteroatoms. The summed E-state index contributed by atoms with van der Waals surface area (Å²) in [6.07, 6.45) is 17.5. The molecule has 4 aromatic carbocycles. The van der Waals surface area contributed by atoms with Crippen LogP contribution >= 0.6 is 0 Å². The highest BCUT2D eigenvalue weighted by Crippen LogP contribution is 2.50. The molecular formula is C57H66N3O3+. The van der Waals surface area contributed by atoms with E-state index in [2.05, 4.69) is 209 Å². The third-order valence-electron chi connectivity index (χ3n) is 13.7. The van der Waals surface area contributed by atoms with Crippen LogP contribution in [0.3, 0.4) is 0 Å². The van der Waals surface area contributed by atoms with E-state index in [1.165, 1.54) is 56.0 Å². The van der Waals surface area contributed by atoms with Crippen LogP contribution in [0.4, 0.5) is 11.4 Å². The zero-order valence-electron chi connectivity index (χ0n) is 38.9. The second kappa shape index (κ2) is 18.4. The van der Waals surface area contributed by atoms with Gasteiger partial charge in [0.2, 0.25) is 0 Å². The zero-order chi connectivity index (χ0) is 44.3. The number of methoxy groups -OCH3 is 2. The number of rotatable bonds is 15. The van der Waals surface area contributed by atoms with Crippen molar-refractivity contribution in [3.8, 4) is 11.5 Å². The summed E-state index contributed by atoms with van der Waals surface area (Å²) in [4.78, 5) is 5.13. The molecule has 0 saturated heterocycles. The molecule has 0 saturated carbocycles. The number of aryl methyl sites for hydroxylation is 1. The second-order valence-corrected chi connectivity index (χ2v) is 18.9. The van der Waals surface area contributed by atoms with E-state index in [1.807, 2.05) is 0 Å². The largest absolute Gasteiger partial charge is 0.497 e. The molecule has 0 bridgehead atoms. The maximum atomic E-state index is 7.37. The third kappa shape index (κ3) is 8.96. The Hall–Kier alpha value is -6.01. The molecule has 2 unspecified atom stereocenters. The molecule has 0 amide bonds. The second-order valence-electron chi connectivity index (χ2n) is 18.9. The first-order chi connectivity index (χ1) is 30.4. The minimum atomic E-state index is -0.237.